The molecule has 1 heterocycles. The van der Waals surface area contributed by atoms with Crippen molar-refractivity contribution in [3.63, 3.8) is 0 Å². The molecule has 154 valence electrons. The van der Waals surface area contributed by atoms with E-state index in [1.165, 1.54) is 7.11 Å². The Morgan fingerprint density at radius 3 is 2.57 bits per heavy atom. The first-order chi connectivity index (χ1) is 14.4. The highest BCUT2D eigenvalue weighted by Gasteiger charge is 2.64. The van der Waals surface area contributed by atoms with Gasteiger partial charge in [-0.2, -0.15) is 0 Å². The summed E-state index contributed by atoms with van der Waals surface area (Å²) in [5.74, 6) is -1.41. The van der Waals surface area contributed by atoms with Crippen molar-refractivity contribution in [2.45, 2.75) is 26.4 Å². The number of hydrogen-bond acceptors (Lipinski definition) is 5. The minimum atomic E-state index is -0.962. The summed E-state index contributed by atoms with van der Waals surface area (Å²) in [6.07, 6.45) is 0.646. The predicted molar refractivity (Wildman–Crippen MR) is 111 cm³/mol. The number of benzene rings is 2. The summed E-state index contributed by atoms with van der Waals surface area (Å²) in [5.41, 5.74) is 2.86. The van der Waals surface area contributed by atoms with Crippen LogP contribution in [-0.2, 0) is 27.4 Å². The molecule has 2 aromatic carbocycles. The highest BCUT2D eigenvalue weighted by atomic mass is 16.5. The third-order valence-electron chi connectivity index (χ3n) is 5.73. The molecule has 1 aliphatic carbocycles. The van der Waals surface area contributed by atoms with Crippen LogP contribution in [0.25, 0.3) is 10.9 Å². The number of ether oxygens (including phenoxy) is 2. The van der Waals surface area contributed by atoms with Crippen molar-refractivity contribution in [1.29, 1.82) is 0 Å². The lowest BCUT2D eigenvalue weighted by molar-refractivity contribution is -0.151. The van der Waals surface area contributed by atoms with E-state index in [0.29, 0.717) is 25.2 Å². The lowest BCUT2D eigenvalue weighted by Gasteiger charge is -2.14. The topological polar surface area (TPSA) is 85.7 Å². The van der Waals surface area contributed by atoms with Crippen molar-refractivity contribution in [3.8, 4) is 5.75 Å². The number of carboxylic acid groups (broad SMARTS) is 1. The predicted octanol–water partition coefficient (Wildman–Crippen LogP) is 3.93. The van der Waals surface area contributed by atoms with Gasteiger partial charge in [0.1, 0.15) is 12.4 Å². The van der Waals surface area contributed by atoms with Gasteiger partial charge in [-0.25, -0.2) is 0 Å². The van der Waals surface area contributed by atoms with Gasteiger partial charge in [-0.3, -0.25) is 14.6 Å². The Labute approximate surface area is 174 Å². The third-order valence-corrected chi connectivity index (χ3v) is 5.73. The van der Waals surface area contributed by atoms with Gasteiger partial charge in [0, 0.05) is 16.6 Å². The van der Waals surface area contributed by atoms with Gasteiger partial charge in [-0.1, -0.05) is 30.3 Å². The maximum Gasteiger partial charge on any atom is 0.313 e. The normalized spacial score (nSPS) is 20.0. The van der Waals surface area contributed by atoms with Crippen molar-refractivity contribution in [3.05, 3.63) is 71.4 Å². The molecular formula is C24H23NO5. The molecule has 1 N–H and O–H groups in total. The van der Waals surface area contributed by atoms with Gasteiger partial charge in [0.25, 0.3) is 0 Å². The molecular weight excluding hydrogens is 382 g/mol. The van der Waals surface area contributed by atoms with Gasteiger partial charge in [-0.15, -0.1) is 0 Å². The summed E-state index contributed by atoms with van der Waals surface area (Å²) in [6, 6.07) is 17.4. The Kier molecular flexibility index (Phi) is 5.16. The average Bonchev–Trinajstić information content (AvgIpc) is 3.48. The molecule has 0 bridgehead atoms. The van der Waals surface area contributed by atoms with Gasteiger partial charge in [0.15, 0.2) is 0 Å². The summed E-state index contributed by atoms with van der Waals surface area (Å²) in [4.78, 5) is 28.1. The Morgan fingerprint density at radius 2 is 1.90 bits per heavy atom. The van der Waals surface area contributed by atoms with Crippen LogP contribution in [0.1, 0.15) is 23.2 Å². The van der Waals surface area contributed by atoms with Crippen LogP contribution in [0, 0.1) is 18.3 Å². The van der Waals surface area contributed by atoms with Crippen LogP contribution in [0.4, 0.5) is 0 Å². The number of fused-ring (bicyclic) bond motifs is 1. The number of carbonyl (C=O) groups is 2. The quantitative estimate of drug-likeness (QED) is 0.600. The Hall–Kier alpha value is -3.41. The van der Waals surface area contributed by atoms with Crippen molar-refractivity contribution in [2.24, 2.45) is 11.3 Å². The number of carbonyl (C=O) groups excluding carboxylic acids is 1. The van der Waals surface area contributed by atoms with Crippen LogP contribution in [0.15, 0.2) is 54.6 Å². The first-order valence-electron chi connectivity index (χ1n) is 9.81. The number of aromatic nitrogens is 1. The monoisotopic (exact) mass is 405 g/mol. The number of rotatable bonds is 7. The summed E-state index contributed by atoms with van der Waals surface area (Å²) in [7, 11) is 1.29. The molecule has 0 saturated heterocycles. The smallest absolute Gasteiger partial charge is 0.313 e. The van der Waals surface area contributed by atoms with E-state index in [-0.39, 0.29) is 0 Å². The van der Waals surface area contributed by atoms with Crippen LogP contribution in [0.2, 0.25) is 0 Å². The SMILES string of the molecule is COC(=O)[C@]1(Cc2ccc(OCc3cc(C)nc4ccccc34)cc2)C[C@H]1C(=O)O. The summed E-state index contributed by atoms with van der Waals surface area (Å²) in [5, 5.41) is 10.4. The molecule has 2 atom stereocenters. The second kappa shape index (κ2) is 7.78. The maximum atomic E-state index is 12.2. The number of carboxylic acids is 1. The molecule has 0 spiro atoms. The second-order valence-corrected chi connectivity index (χ2v) is 7.79. The molecule has 30 heavy (non-hydrogen) atoms. The molecule has 0 radical (unpaired) electrons. The van der Waals surface area contributed by atoms with Gasteiger partial charge >= 0.3 is 11.9 Å². The highest BCUT2D eigenvalue weighted by Crippen LogP contribution is 2.55. The van der Waals surface area contributed by atoms with Crippen LogP contribution in [0.5, 0.6) is 5.75 Å². The van der Waals surface area contributed by atoms with Crippen molar-refractivity contribution in [1.82, 2.24) is 4.98 Å². The molecule has 0 aliphatic heterocycles. The van der Waals surface area contributed by atoms with Crippen molar-refractivity contribution in [2.75, 3.05) is 7.11 Å². The number of nitrogens with zero attached hydrogens (tertiary/aromatic N) is 1. The fourth-order valence-electron chi connectivity index (χ4n) is 4.07. The van der Waals surface area contributed by atoms with E-state index >= 15 is 0 Å². The average molecular weight is 405 g/mol. The van der Waals surface area contributed by atoms with E-state index in [2.05, 4.69) is 4.98 Å². The largest absolute Gasteiger partial charge is 0.489 e. The number of hydrogen-bond donors (Lipinski definition) is 1. The van der Waals surface area contributed by atoms with Crippen molar-refractivity contribution >= 4 is 22.8 Å². The molecule has 1 saturated carbocycles. The molecule has 0 unspecified atom stereocenters. The highest BCUT2D eigenvalue weighted by molar-refractivity contribution is 5.90. The maximum absolute atomic E-state index is 12.2. The molecule has 6 heteroatoms. The van der Waals surface area contributed by atoms with Gasteiger partial charge in [-0.05, 0) is 49.6 Å². The molecule has 1 fully saturated rings. The zero-order valence-corrected chi connectivity index (χ0v) is 16.9. The zero-order chi connectivity index (χ0) is 21.3. The number of aryl methyl sites for hydroxylation is 1. The fraction of sp³-hybridized carbons (Fsp3) is 0.292. The Bertz CT molecular complexity index is 1110. The van der Waals surface area contributed by atoms with Gasteiger partial charge in [0.2, 0.25) is 0 Å². The van der Waals surface area contributed by atoms with Crippen LogP contribution in [0.3, 0.4) is 0 Å². The molecule has 4 rings (SSSR count). The molecule has 3 aromatic rings. The number of pyridine rings is 1. The van der Waals surface area contributed by atoms with Gasteiger partial charge in [0.05, 0.1) is 24.0 Å². The molecule has 6 nitrogen and oxygen atoms in total. The zero-order valence-electron chi connectivity index (χ0n) is 16.9. The van der Waals surface area contributed by atoms with Crippen LogP contribution >= 0.6 is 0 Å². The molecule has 0 amide bonds. The fourth-order valence-corrected chi connectivity index (χ4v) is 4.07. The standard InChI is InChI=1S/C24H23NO5/c1-15-11-17(19-5-3-4-6-21(19)25-15)14-30-18-9-7-16(8-10-18)12-24(23(28)29-2)13-20(24)22(26)27/h3-11,20H,12-14H2,1-2H3,(H,26,27)/t20-,24+/m0/s1. The minimum absolute atomic E-state index is 0.307. The van der Waals surface area contributed by atoms with Crippen LogP contribution < -0.4 is 4.74 Å². The number of para-hydroxylation sites is 1. The van der Waals surface area contributed by atoms with E-state index < -0.39 is 23.3 Å². The minimum Gasteiger partial charge on any atom is -0.489 e. The lowest BCUT2D eigenvalue weighted by Crippen LogP contribution is -2.25. The number of methoxy groups -OCH3 is 1. The van der Waals surface area contributed by atoms with Gasteiger partial charge < -0.3 is 14.6 Å². The lowest BCUT2D eigenvalue weighted by atomic mass is 9.94. The molecule has 1 aliphatic rings. The van der Waals surface area contributed by atoms with E-state index in [0.717, 1.165) is 27.7 Å². The Balaban J connectivity index is 1.46. The summed E-state index contributed by atoms with van der Waals surface area (Å²) < 4.78 is 10.8. The third kappa shape index (κ3) is 3.73. The first-order valence-corrected chi connectivity index (χ1v) is 9.81. The number of esters is 1. The number of aliphatic carboxylic acids is 1. The van der Waals surface area contributed by atoms with Crippen LogP contribution in [-0.4, -0.2) is 29.1 Å². The van der Waals surface area contributed by atoms with E-state index in [1.807, 2.05) is 61.5 Å². The van der Waals surface area contributed by atoms with Crippen molar-refractivity contribution < 1.29 is 24.2 Å². The summed E-state index contributed by atoms with van der Waals surface area (Å²) in [6.45, 7) is 2.38. The van der Waals surface area contributed by atoms with E-state index in [4.69, 9.17) is 9.47 Å². The Morgan fingerprint density at radius 1 is 1.17 bits per heavy atom. The second-order valence-electron chi connectivity index (χ2n) is 7.79. The first kappa shape index (κ1) is 19.9. The molecule has 1 aromatic heterocycles. The van der Waals surface area contributed by atoms with E-state index in [9.17, 15) is 14.7 Å². The van der Waals surface area contributed by atoms with E-state index in [1.54, 1.807) is 0 Å². The summed E-state index contributed by atoms with van der Waals surface area (Å²) >= 11 is 0.